The highest BCUT2D eigenvalue weighted by atomic mass is 19.1. The summed E-state index contributed by atoms with van der Waals surface area (Å²) in [5.41, 5.74) is 0.119. The molecule has 1 N–H and O–H groups in total. The van der Waals surface area contributed by atoms with Crippen molar-refractivity contribution in [3.63, 3.8) is 0 Å². The lowest BCUT2D eigenvalue weighted by Crippen LogP contribution is -2.14. The molecule has 1 aliphatic rings. The monoisotopic (exact) mass is 277 g/mol. The number of aromatic nitrogens is 2. The minimum Gasteiger partial charge on any atom is -0.323 e. The lowest BCUT2D eigenvalue weighted by molar-refractivity contribution is 0.356. The first-order chi connectivity index (χ1) is 9.74. The van der Waals surface area contributed by atoms with Crippen molar-refractivity contribution in [1.82, 2.24) is 9.55 Å². The molecular weight excluding hydrogens is 260 g/mol. The number of benzene rings is 1. The van der Waals surface area contributed by atoms with Crippen LogP contribution in [-0.2, 0) is 0 Å². The van der Waals surface area contributed by atoms with Crippen LogP contribution in [0.5, 0.6) is 0 Å². The highest BCUT2D eigenvalue weighted by Crippen LogP contribution is 2.31. The van der Waals surface area contributed by atoms with E-state index in [0.29, 0.717) is 12.0 Å². The molecule has 1 saturated carbocycles. The van der Waals surface area contributed by atoms with Crippen LogP contribution in [0.25, 0.3) is 0 Å². The fraction of sp³-hybridized carbons (Fsp3) is 0.400. The molecule has 0 bridgehead atoms. The molecule has 1 fully saturated rings. The maximum atomic E-state index is 13.7. The Hall–Kier alpha value is -1.91. The van der Waals surface area contributed by atoms with Crippen molar-refractivity contribution in [2.75, 3.05) is 5.32 Å². The topological polar surface area (TPSA) is 29.9 Å². The van der Waals surface area contributed by atoms with Crippen LogP contribution in [0.3, 0.4) is 0 Å². The Balaban J connectivity index is 1.84. The van der Waals surface area contributed by atoms with Gasteiger partial charge in [0.15, 0.2) is 0 Å². The summed E-state index contributed by atoms with van der Waals surface area (Å²) in [6.45, 7) is 0. The second kappa shape index (κ2) is 5.61. The standard InChI is InChI=1S/C15H17F2N3/c16-11-6-7-13(17)14(10-11)19-15-18-8-9-20(15)12-4-2-1-3-5-12/h6-10,12H,1-5H2,(H,18,19). The molecule has 3 nitrogen and oxygen atoms in total. The van der Waals surface area contributed by atoms with Crippen LogP contribution in [0, 0.1) is 11.6 Å². The summed E-state index contributed by atoms with van der Waals surface area (Å²) in [6, 6.07) is 3.76. The Morgan fingerprint density at radius 3 is 2.75 bits per heavy atom. The minimum atomic E-state index is -0.482. The highest BCUT2D eigenvalue weighted by Gasteiger charge is 2.18. The van der Waals surface area contributed by atoms with Gasteiger partial charge in [0.2, 0.25) is 5.95 Å². The van der Waals surface area contributed by atoms with Gasteiger partial charge in [0.25, 0.3) is 0 Å². The third kappa shape index (κ3) is 2.66. The van der Waals surface area contributed by atoms with E-state index in [-0.39, 0.29) is 5.69 Å². The molecule has 0 amide bonds. The Bertz CT molecular complexity index is 589. The molecule has 5 heteroatoms. The first-order valence-electron chi connectivity index (χ1n) is 6.99. The number of halogens is 2. The zero-order valence-electron chi connectivity index (χ0n) is 11.1. The van der Waals surface area contributed by atoms with Crippen LogP contribution in [0.1, 0.15) is 38.1 Å². The van der Waals surface area contributed by atoms with Crippen molar-refractivity contribution in [2.45, 2.75) is 38.1 Å². The average molecular weight is 277 g/mol. The number of imidazole rings is 1. The molecule has 0 spiro atoms. The van der Waals surface area contributed by atoms with E-state index in [1.807, 2.05) is 10.8 Å². The zero-order valence-corrected chi connectivity index (χ0v) is 11.1. The average Bonchev–Trinajstić information content (AvgIpc) is 2.92. The fourth-order valence-electron chi connectivity index (χ4n) is 2.78. The molecule has 20 heavy (non-hydrogen) atoms. The van der Waals surface area contributed by atoms with E-state index in [9.17, 15) is 8.78 Å². The Morgan fingerprint density at radius 1 is 1.15 bits per heavy atom. The molecule has 0 unspecified atom stereocenters. The van der Waals surface area contributed by atoms with E-state index in [0.717, 1.165) is 31.0 Å². The van der Waals surface area contributed by atoms with Gasteiger partial charge in [-0.15, -0.1) is 0 Å². The van der Waals surface area contributed by atoms with E-state index < -0.39 is 11.6 Å². The smallest absolute Gasteiger partial charge is 0.207 e. The molecule has 0 atom stereocenters. The summed E-state index contributed by atoms with van der Waals surface area (Å²) in [4.78, 5) is 4.22. The van der Waals surface area contributed by atoms with E-state index >= 15 is 0 Å². The maximum absolute atomic E-state index is 13.7. The van der Waals surface area contributed by atoms with Crippen molar-refractivity contribution >= 4 is 11.6 Å². The minimum absolute atomic E-state index is 0.119. The van der Waals surface area contributed by atoms with Gasteiger partial charge in [-0.2, -0.15) is 0 Å². The molecule has 1 aliphatic carbocycles. The van der Waals surface area contributed by atoms with E-state index in [4.69, 9.17) is 0 Å². The van der Waals surface area contributed by atoms with Gasteiger partial charge in [-0.25, -0.2) is 13.8 Å². The third-order valence-corrected chi connectivity index (χ3v) is 3.81. The van der Waals surface area contributed by atoms with E-state index in [1.165, 1.54) is 19.3 Å². The van der Waals surface area contributed by atoms with Gasteiger partial charge in [0, 0.05) is 24.5 Å². The molecule has 2 aromatic rings. The van der Waals surface area contributed by atoms with Gasteiger partial charge < -0.3 is 9.88 Å². The quantitative estimate of drug-likeness (QED) is 0.900. The van der Waals surface area contributed by atoms with Crippen LogP contribution in [0.15, 0.2) is 30.6 Å². The summed E-state index contributed by atoms with van der Waals surface area (Å²) in [5, 5.41) is 2.90. The number of anilines is 2. The molecule has 1 aromatic carbocycles. The van der Waals surface area contributed by atoms with Crippen molar-refractivity contribution in [1.29, 1.82) is 0 Å². The molecule has 1 heterocycles. The van der Waals surface area contributed by atoms with E-state index in [1.54, 1.807) is 6.20 Å². The van der Waals surface area contributed by atoms with E-state index in [2.05, 4.69) is 10.3 Å². The van der Waals surface area contributed by atoms with Crippen LogP contribution in [0.2, 0.25) is 0 Å². The van der Waals surface area contributed by atoms with Gasteiger partial charge in [0.1, 0.15) is 11.6 Å². The molecule has 0 aliphatic heterocycles. The Kier molecular flexibility index (Phi) is 3.67. The summed E-state index contributed by atoms with van der Waals surface area (Å²) in [5.74, 6) is -0.379. The predicted octanol–water partition coefficient (Wildman–Crippen LogP) is 4.41. The van der Waals surface area contributed by atoms with Gasteiger partial charge in [0.05, 0.1) is 5.69 Å². The zero-order chi connectivity index (χ0) is 13.9. The van der Waals surface area contributed by atoms with Gasteiger partial charge >= 0.3 is 0 Å². The first-order valence-corrected chi connectivity index (χ1v) is 6.99. The maximum Gasteiger partial charge on any atom is 0.207 e. The molecular formula is C15H17F2N3. The number of nitrogens with one attached hydrogen (secondary N) is 1. The highest BCUT2D eigenvalue weighted by molar-refractivity contribution is 5.54. The van der Waals surface area contributed by atoms with Crippen LogP contribution in [-0.4, -0.2) is 9.55 Å². The molecule has 3 rings (SSSR count). The Labute approximate surface area is 116 Å². The summed E-state index contributed by atoms with van der Waals surface area (Å²) < 4.78 is 28.9. The number of hydrogen-bond acceptors (Lipinski definition) is 2. The largest absolute Gasteiger partial charge is 0.323 e. The van der Waals surface area contributed by atoms with Gasteiger partial charge in [-0.1, -0.05) is 19.3 Å². The fourth-order valence-corrected chi connectivity index (χ4v) is 2.78. The van der Waals surface area contributed by atoms with Crippen molar-refractivity contribution in [3.8, 4) is 0 Å². The van der Waals surface area contributed by atoms with Gasteiger partial charge in [-0.3, -0.25) is 0 Å². The molecule has 106 valence electrons. The summed E-state index contributed by atoms with van der Waals surface area (Å²) in [7, 11) is 0. The van der Waals surface area contributed by atoms with Crippen molar-refractivity contribution in [2.24, 2.45) is 0 Å². The lowest BCUT2D eigenvalue weighted by atomic mass is 9.95. The van der Waals surface area contributed by atoms with Gasteiger partial charge in [-0.05, 0) is 25.0 Å². The SMILES string of the molecule is Fc1ccc(F)c(Nc2nccn2C2CCCCC2)c1. The number of nitrogens with zero attached hydrogens (tertiary/aromatic N) is 2. The van der Waals surface area contributed by atoms with Crippen LogP contribution < -0.4 is 5.32 Å². The lowest BCUT2D eigenvalue weighted by Gasteiger charge is -2.24. The predicted molar refractivity (Wildman–Crippen MR) is 74.0 cm³/mol. The second-order valence-corrected chi connectivity index (χ2v) is 5.20. The summed E-state index contributed by atoms with van der Waals surface area (Å²) in [6.07, 6.45) is 9.48. The number of rotatable bonds is 3. The third-order valence-electron chi connectivity index (χ3n) is 3.81. The molecule has 1 aromatic heterocycles. The molecule has 0 saturated heterocycles. The van der Waals surface area contributed by atoms with Crippen molar-refractivity contribution in [3.05, 3.63) is 42.2 Å². The summed E-state index contributed by atoms with van der Waals surface area (Å²) >= 11 is 0. The number of hydrogen-bond donors (Lipinski definition) is 1. The molecule has 0 radical (unpaired) electrons. The normalized spacial score (nSPS) is 16.3. The first kappa shape index (κ1) is 13.1. The van der Waals surface area contributed by atoms with Crippen LogP contribution in [0.4, 0.5) is 20.4 Å². The second-order valence-electron chi connectivity index (χ2n) is 5.20. The van der Waals surface area contributed by atoms with Crippen LogP contribution >= 0.6 is 0 Å². The van der Waals surface area contributed by atoms with Crippen molar-refractivity contribution < 1.29 is 8.78 Å². The Morgan fingerprint density at radius 2 is 1.95 bits per heavy atom.